The van der Waals surface area contributed by atoms with E-state index in [1.54, 1.807) is 0 Å². The molecule has 4 heteroatoms. The van der Waals surface area contributed by atoms with Crippen molar-refractivity contribution >= 4 is 11.4 Å². The monoisotopic (exact) mass is 378 g/mol. The standard InChI is InChI=1S/C24H34N4/c1-22-8-10-24(11-9-22)28-20-16-26(17-21-28)13-5-12-25-14-18-27(19-15-25)23-6-3-2-4-7-23/h2-4,6-11H,5,12-21H2,1H3. The Hall–Kier alpha value is -2.04. The molecule has 2 aromatic rings. The number of piperazine rings is 2. The molecule has 0 aliphatic carbocycles. The molecule has 150 valence electrons. The quantitative estimate of drug-likeness (QED) is 0.764. The van der Waals surface area contributed by atoms with Crippen LogP contribution >= 0.6 is 0 Å². The lowest BCUT2D eigenvalue weighted by Gasteiger charge is -2.38. The minimum absolute atomic E-state index is 1.15. The summed E-state index contributed by atoms with van der Waals surface area (Å²) in [6.45, 7) is 14.0. The number of rotatable bonds is 6. The fraction of sp³-hybridized carbons (Fsp3) is 0.500. The Morgan fingerprint density at radius 1 is 0.571 bits per heavy atom. The van der Waals surface area contributed by atoms with Crippen LogP contribution in [0.25, 0.3) is 0 Å². The van der Waals surface area contributed by atoms with Gasteiger partial charge < -0.3 is 9.80 Å². The summed E-state index contributed by atoms with van der Waals surface area (Å²) in [5, 5.41) is 0. The van der Waals surface area contributed by atoms with Crippen LogP contribution in [-0.2, 0) is 0 Å². The molecule has 4 nitrogen and oxygen atoms in total. The highest BCUT2D eigenvalue weighted by atomic mass is 15.3. The van der Waals surface area contributed by atoms with E-state index in [-0.39, 0.29) is 0 Å². The predicted molar refractivity (Wildman–Crippen MR) is 120 cm³/mol. The summed E-state index contributed by atoms with van der Waals surface area (Å²) in [6, 6.07) is 19.8. The van der Waals surface area contributed by atoms with Crippen molar-refractivity contribution in [2.24, 2.45) is 0 Å². The third-order valence-electron chi connectivity index (χ3n) is 6.21. The third-order valence-corrected chi connectivity index (χ3v) is 6.21. The maximum atomic E-state index is 2.64. The van der Waals surface area contributed by atoms with Crippen LogP contribution in [0.15, 0.2) is 54.6 Å². The predicted octanol–water partition coefficient (Wildman–Crippen LogP) is 3.33. The van der Waals surface area contributed by atoms with Crippen molar-refractivity contribution in [2.75, 3.05) is 75.2 Å². The van der Waals surface area contributed by atoms with Crippen LogP contribution in [0.1, 0.15) is 12.0 Å². The number of benzene rings is 2. The van der Waals surface area contributed by atoms with E-state index in [9.17, 15) is 0 Å². The average Bonchev–Trinajstić information content (AvgIpc) is 2.76. The van der Waals surface area contributed by atoms with E-state index in [0.717, 1.165) is 26.2 Å². The summed E-state index contributed by atoms with van der Waals surface area (Å²) in [5.41, 5.74) is 4.09. The molecule has 28 heavy (non-hydrogen) atoms. The van der Waals surface area contributed by atoms with Crippen molar-refractivity contribution in [2.45, 2.75) is 13.3 Å². The number of aryl methyl sites for hydroxylation is 1. The van der Waals surface area contributed by atoms with Crippen molar-refractivity contribution in [3.05, 3.63) is 60.2 Å². The van der Waals surface area contributed by atoms with Crippen LogP contribution in [0.4, 0.5) is 11.4 Å². The molecule has 0 bridgehead atoms. The van der Waals surface area contributed by atoms with Gasteiger partial charge in [0.05, 0.1) is 0 Å². The van der Waals surface area contributed by atoms with Gasteiger partial charge in [-0.2, -0.15) is 0 Å². The van der Waals surface area contributed by atoms with Crippen LogP contribution in [-0.4, -0.2) is 75.2 Å². The second kappa shape index (κ2) is 9.44. The number of hydrogen-bond acceptors (Lipinski definition) is 4. The van der Waals surface area contributed by atoms with E-state index < -0.39 is 0 Å². The molecule has 2 saturated heterocycles. The first kappa shape index (κ1) is 19.3. The zero-order valence-electron chi connectivity index (χ0n) is 17.3. The highest BCUT2D eigenvalue weighted by Gasteiger charge is 2.19. The molecule has 0 unspecified atom stereocenters. The molecule has 2 aliphatic rings. The van der Waals surface area contributed by atoms with Gasteiger partial charge in [0.15, 0.2) is 0 Å². The molecule has 2 aliphatic heterocycles. The van der Waals surface area contributed by atoms with Crippen molar-refractivity contribution in [3.8, 4) is 0 Å². The summed E-state index contributed by atoms with van der Waals surface area (Å²) in [4.78, 5) is 10.3. The highest BCUT2D eigenvalue weighted by Crippen LogP contribution is 2.18. The third kappa shape index (κ3) is 5.06. The second-order valence-corrected chi connectivity index (χ2v) is 8.18. The first-order valence-corrected chi connectivity index (χ1v) is 10.8. The second-order valence-electron chi connectivity index (χ2n) is 8.18. The van der Waals surface area contributed by atoms with Gasteiger partial charge in [-0.15, -0.1) is 0 Å². The van der Waals surface area contributed by atoms with Gasteiger partial charge in [0, 0.05) is 63.7 Å². The zero-order valence-corrected chi connectivity index (χ0v) is 17.3. The molecule has 2 heterocycles. The van der Waals surface area contributed by atoms with E-state index in [1.807, 2.05) is 0 Å². The summed E-state index contributed by atoms with van der Waals surface area (Å²) < 4.78 is 0. The Labute approximate surface area is 170 Å². The average molecular weight is 379 g/mol. The lowest BCUT2D eigenvalue weighted by Crippen LogP contribution is -2.48. The van der Waals surface area contributed by atoms with E-state index in [1.165, 1.54) is 62.6 Å². The van der Waals surface area contributed by atoms with E-state index in [2.05, 4.69) is 81.1 Å². The summed E-state index contributed by atoms with van der Waals surface area (Å²) >= 11 is 0. The molecule has 0 amide bonds. The SMILES string of the molecule is Cc1ccc(N2CCN(CCCN3CCN(c4ccccc4)CC3)CC2)cc1. The van der Waals surface area contributed by atoms with Crippen LogP contribution in [0.2, 0.25) is 0 Å². The maximum absolute atomic E-state index is 2.64. The Kier molecular flexibility index (Phi) is 6.50. The molecule has 0 spiro atoms. The maximum Gasteiger partial charge on any atom is 0.0367 e. The van der Waals surface area contributed by atoms with Gasteiger partial charge in [-0.1, -0.05) is 35.9 Å². The van der Waals surface area contributed by atoms with Gasteiger partial charge in [-0.05, 0) is 50.7 Å². The number of hydrogen-bond donors (Lipinski definition) is 0. The van der Waals surface area contributed by atoms with Crippen molar-refractivity contribution < 1.29 is 0 Å². The molecule has 2 aromatic carbocycles. The minimum atomic E-state index is 1.15. The van der Waals surface area contributed by atoms with Crippen molar-refractivity contribution in [1.29, 1.82) is 0 Å². The van der Waals surface area contributed by atoms with Crippen LogP contribution in [0, 0.1) is 6.92 Å². The van der Waals surface area contributed by atoms with E-state index >= 15 is 0 Å². The Morgan fingerprint density at radius 2 is 1.04 bits per heavy atom. The molecule has 0 atom stereocenters. The molecule has 2 fully saturated rings. The van der Waals surface area contributed by atoms with Gasteiger partial charge >= 0.3 is 0 Å². The molecule has 0 N–H and O–H groups in total. The molecule has 4 rings (SSSR count). The first-order valence-electron chi connectivity index (χ1n) is 10.8. The van der Waals surface area contributed by atoms with Gasteiger partial charge in [-0.3, -0.25) is 9.80 Å². The Morgan fingerprint density at radius 3 is 1.54 bits per heavy atom. The minimum Gasteiger partial charge on any atom is -0.369 e. The van der Waals surface area contributed by atoms with Gasteiger partial charge in [0.1, 0.15) is 0 Å². The molecular weight excluding hydrogens is 344 g/mol. The fourth-order valence-electron chi connectivity index (χ4n) is 4.37. The fourth-order valence-corrected chi connectivity index (χ4v) is 4.37. The van der Waals surface area contributed by atoms with Gasteiger partial charge in [-0.25, -0.2) is 0 Å². The molecule has 0 aromatic heterocycles. The summed E-state index contributed by atoms with van der Waals surface area (Å²) in [5.74, 6) is 0. The van der Waals surface area contributed by atoms with Crippen LogP contribution in [0.3, 0.4) is 0 Å². The van der Waals surface area contributed by atoms with E-state index in [0.29, 0.717) is 0 Å². The van der Waals surface area contributed by atoms with Crippen molar-refractivity contribution in [3.63, 3.8) is 0 Å². The summed E-state index contributed by atoms with van der Waals surface area (Å²) in [7, 11) is 0. The Balaban J connectivity index is 1.13. The highest BCUT2D eigenvalue weighted by molar-refractivity contribution is 5.48. The Bertz CT molecular complexity index is 699. The largest absolute Gasteiger partial charge is 0.369 e. The number of anilines is 2. The topological polar surface area (TPSA) is 13.0 Å². The molecular formula is C24H34N4. The molecule has 0 radical (unpaired) electrons. The van der Waals surface area contributed by atoms with Crippen LogP contribution < -0.4 is 9.80 Å². The number of para-hydroxylation sites is 1. The normalized spacial score (nSPS) is 19.2. The van der Waals surface area contributed by atoms with E-state index in [4.69, 9.17) is 0 Å². The van der Waals surface area contributed by atoms with Crippen LogP contribution in [0.5, 0.6) is 0 Å². The lowest BCUT2D eigenvalue weighted by molar-refractivity contribution is 0.213. The lowest BCUT2D eigenvalue weighted by atomic mass is 10.2. The van der Waals surface area contributed by atoms with Gasteiger partial charge in [0.25, 0.3) is 0 Å². The van der Waals surface area contributed by atoms with Crippen molar-refractivity contribution in [1.82, 2.24) is 9.80 Å². The number of nitrogens with zero attached hydrogens (tertiary/aromatic N) is 4. The van der Waals surface area contributed by atoms with Gasteiger partial charge in [0.2, 0.25) is 0 Å². The first-order chi connectivity index (χ1) is 13.8. The molecule has 0 saturated carbocycles. The smallest absolute Gasteiger partial charge is 0.0367 e. The summed E-state index contributed by atoms with van der Waals surface area (Å²) in [6.07, 6.45) is 1.29. The zero-order chi connectivity index (χ0) is 19.2.